The Morgan fingerprint density at radius 2 is 1.79 bits per heavy atom. The summed E-state index contributed by atoms with van der Waals surface area (Å²) in [5.74, 6) is -0.923. The number of thioether (sulfide) groups is 1. The molecule has 218 valence electrons. The predicted molar refractivity (Wildman–Crippen MR) is 136 cm³/mol. The zero-order valence-corrected chi connectivity index (χ0v) is 22.3. The number of ether oxygens (including phenoxy) is 4. The lowest BCUT2D eigenvalue weighted by Crippen LogP contribution is -2.57. The molecule has 6 N–H and O–H groups in total. The molecule has 1 aromatic carbocycles. The molecule has 0 aliphatic carbocycles. The maximum absolute atomic E-state index is 12.4. The number of carbonyl (C=O) groups excluding carboxylic acids is 1. The lowest BCUT2D eigenvalue weighted by atomic mass is 10.0. The summed E-state index contributed by atoms with van der Waals surface area (Å²) in [5, 5.41) is 52.5. The van der Waals surface area contributed by atoms with E-state index in [1.165, 1.54) is 38.5 Å². The summed E-state index contributed by atoms with van der Waals surface area (Å²) in [6, 6.07) is 2.86. The molecule has 39 heavy (non-hydrogen) atoms. The molecule has 0 saturated carbocycles. The highest BCUT2D eigenvalue weighted by atomic mass is 32.3. The van der Waals surface area contributed by atoms with Crippen molar-refractivity contribution in [1.29, 1.82) is 0 Å². The van der Waals surface area contributed by atoms with Gasteiger partial charge in [-0.2, -0.15) is 8.42 Å². The van der Waals surface area contributed by atoms with Crippen molar-refractivity contribution < 1.29 is 66.5 Å². The number of carbonyl (C=O) groups is 1. The summed E-state index contributed by atoms with van der Waals surface area (Å²) in [7, 11) is -2.38. The Morgan fingerprint density at radius 1 is 1.18 bits per heavy atom. The maximum Gasteiger partial charge on any atom is 0.466 e. The highest BCUT2D eigenvalue weighted by Crippen LogP contribution is 2.37. The lowest BCUT2D eigenvalue weighted by molar-refractivity contribution is -0.205. The maximum atomic E-state index is 12.4. The van der Waals surface area contributed by atoms with Gasteiger partial charge in [-0.05, 0) is 23.8 Å². The number of benzene rings is 1. The van der Waals surface area contributed by atoms with Gasteiger partial charge in [-0.15, -0.1) is 0 Å². The highest BCUT2D eigenvalue weighted by molar-refractivity contribution is 8.14. The molecule has 1 heterocycles. The fraction of sp³-hybridized carbons (Fsp3) is 0.455. The topological polar surface area (TPSA) is 231 Å². The smallest absolute Gasteiger partial charge is 0.466 e. The largest absolute Gasteiger partial charge is 0.502 e. The average molecular weight is 596 g/mol. The van der Waals surface area contributed by atoms with E-state index in [0.717, 1.165) is 6.08 Å². The first-order valence-corrected chi connectivity index (χ1v) is 13.2. The predicted octanol–water partition coefficient (Wildman–Crippen LogP) is -0.424. The molecule has 15 nitrogen and oxygen atoms in total. The van der Waals surface area contributed by atoms with Crippen LogP contribution in [0.4, 0.5) is 0 Å². The minimum Gasteiger partial charge on any atom is -0.502 e. The Hall–Kier alpha value is -2.90. The summed E-state index contributed by atoms with van der Waals surface area (Å²) in [4.78, 5) is 12.4. The Morgan fingerprint density at radius 3 is 2.31 bits per heavy atom. The summed E-state index contributed by atoms with van der Waals surface area (Å²) in [6.45, 7) is 2.82. The van der Waals surface area contributed by atoms with Crippen LogP contribution in [0.15, 0.2) is 36.0 Å². The number of oxime groups is 1. The van der Waals surface area contributed by atoms with Gasteiger partial charge in [0, 0.05) is 12.5 Å². The molecule has 0 aromatic heterocycles. The number of aliphatic hydroxyl groups excluding tert-OH is 4. The van der Waals surface area contributed by atoms with E-state index in [9.17, 15) is 38.7 Å². The van der Waals surface area contributed by atoms with Crippen molar-refractivity contribution >= 4 is 39.2 Å². The van der Waals surface area contributed by atoms with E-state index in [1.54, 1.807) is 0 Å². The Labute approximate surface area is 227 Å². The minimum absolute atomic E-state index is 0.0937. The van der Waals surface area contributed by atoms with Crippen LogP contribution >= 0.6 is 11.8 Å². The molecule has 0 amide bonds. The van der Waals surface area contributed by atoms with E-state index in [2.05, 4.69) is 16.0 Å². The second-order valence-corrected chi connectivity index (χ2v) is 10.0. The molecule has 1 unspecified atom stereocenters. The van der Waals surface area contributed by atoms with E-state index < -0.39 is 58.9 Å². The van der Waals surface area contributed by atoms with E-state index in [-0.39, 0.29) is 28.7 Å². The molecule has 17 heteroatoms. The first kappa shape index (κ1) is 32.3. The normalized spacial score (nSPS) is 24.7. The van der Waals surface area contributed by atoms with Gasteiger partial charge in [-0.3, -0.25) is 4.55 Å². The van der Waals surface area contributed by atoms with Crippen LogP contribution in [0, 0.1) is 0 Å². The molecule has 0 bridgehead atoms. The fourth-order valence-electron chi connectivity index (χ4n) is 3.20. The molecule has 1 saturated heterocycles. The SMILES string of the molecule is C=CC(C/C(=N\OS(=O)(=O)O)S[C@@H]1O[C@H](CO)[C@@H](O)[C@H](O)[C@H]1O)OC(=O)/C=C/c1cc(OC)c(O)c(OC)c1. The van der Waals surface area contributed by atoms with Gasteiger partial charge in [0.25, 0.3) is 0 Å². The summed E-state index contributed by atoms with van der Waals surface area (Å²) in [5.41, 5.74) is -0.972. The van der Waals surface area contributed by atoms with Crippen LogP contribution in [0.5, 0.6) is 17.2 Å². The zero-order valence-electron chi connectivity index (χ0n) is 20.7. The Bertz CT molecular complexity index is 1140. The van der Waals surface area contributed by atoms with Crippen LogP contribution in [0.1, 0.15) is 12.0 Å². The Kier molecular flexibility index (Phi) is 12.0. The van der Waals surface area contributed by atoms with Gasteiger partial charge in [0.1, 0.15) is 41.0 Å². The molecular weight excluding hydrogens is 566 g/mol. The molecule has 1 aliphatic rings. The summed E-state index contributed by atoms with van der Waals surface area (Å²) >= 11 is 0.516. The molecular formula is C22H29NO14S2. The standard InChI is InChI=1S/C22H29NO14S2/c1-4-12(35-17(25)6-5-11-7-13(33-2)18(26)14(8-11)34-3)9-16(23-37-39(30,31)32)38-22-21(29)20(28)19(27)15(10-24)36-22/h4-8,12,15,19-22,24,26-29H,1,9-10H2,2-3H3,(H,30,31,32)/b6-5+,23-16+/t12?,15-,19-,20+,21-,22+/m1/s1. The molecule has 2 rings (SSSR count). The van der Waals surface area contributed by atoms with Gasteiger partial charge in [0.05, 0.1) is 20.8 Å². The second kappa shape index (κ2) is 14.5. The van der Waals surface area contributed by atoms with Crippen molar-refractivity contribution in [3.8, 4) is 17.2 Å². The second-order valence-electron chi connectivity index (χ2n) is 7.82. The van der Waals surface area contributed by atoms with E-state index in [4.69, 9.17) is 23.5 Å². The first-order valence-electron chi connectivity index (χ1n) is 11.0. The molecule has 0 radical (unpaired) electrons. The van der Waals surface area contributed by atoms with Crippen LogP contribution in [0.2, 0.25) is 0 Å². The van der Waals surface area contributed by atoms with E-state index in [1.807, 2.05) is 0 Å². The van der Waals surface area contributed by atoms with Crippen LogP contribution in [0.25, 0.3) is 6.08 Å². The summed E-state index contributed by atoms with van der Waals surface area (Å²) in [6.07, 6.45) is -4.33. The number of hydrogen-bond donors (Lipinski definition) is 6. The number of phenolic OH excluding ortho intramolecular Hbond substituents is 1. The molecule has 6 atom stereocenters. The average Bonchev–Trinajstić information content (AvgIpc) is 2.90. The van der Waals surface area contributed by atoms with Crippen LogP contribution < -0.4 is 9.47 Å². The molecule has 0 spiro atoms. The van der Waals surface area contributed by atoms with E-state index in [0.29, 0.717) is 17.3 Å². The van der Waals surface area contributed by atoms with Crippen LogP contribution in [0.3, 0.4) is 0 Å². The van der Waals surface area contributed by atoms with Crippen molar-refractivity contribution in [2.24, 2.45) is 5.16 Å². The number of hydrogen-bond acceptors (Lipinski definition) is 15. The number of esters is 1. The van der Waals surface area contributed by atoms with Gasteiger partial charge in [-0.1, -0.05) is 29.6 Å². The van der Waals surface area contributed by atoms with Gasteiger partial charge in [0.15, 0.2) is 11.5 Å². The van der Waals surface area contributed by atoms with Crippen molar-refractivity contribution in [2.45, 2.75) is 42.4 Å². The number of methoxy groups -OCH3 is 2. The van der Waals surface area contributed by atoms with Gasteiger partial charge >= 0.3 is 16.4 Å². The van der Waals surface area contributed by atoms with Crippen molar-refractivity contribution in [1.82, 2.24) is 0 Å². The quantitative estimate of drug-likeness (QED) is 0.0342. The zero-order chi connectivity index (χ0) is 29.3. The molecule has 1 fully saturated rings. The van der Waals surface area contributed by atoms with Crippen molar-refractivity contribution in [2.75, 3.05) is 20.8 Å². The van der Waals surface area contributed by atoms with Gasteiger partial charge in [-0.25, -0.2) is 9.08 Å². The third-order valence-corrected chi connectivity index (χ3v) is 6.55. The number of nitrogens with zero attached hydrogens (tertiary/aromatic N) is 1. The third-order valence-electron chi connectivity index (χ3n) is 5.15. The van der Waals surface area contributed by atoms with Gasteiger partial charge < -0.3 is 44.5 Å². The van der Waals surface area contributed by atoms with Gasteiger partial charge in [0.2, 0.25) is 5.75 Å². The van der Waals surface area contributed by atoms with Crippen molar-refractivity contribution in [3.05, 3.63) is 36.4 Å². The lowest BCUT2D eigenvalue weighted by Gasteiger charge is -2.39. The highest BCUT2D eigenvalue weighted by Gasteiger charge is 2.44. The molecule has 1 aliphatic heterocycles. The van der Waals surface area contributed by atoms with Crippen LogP contribution in [-0.2, 0) is 29.0 Å². The molecule has 1 aromatic rings. The van der Waals surface area contributed by atoms with Crippen molar-refractivity contribution in [3.63, 3.8) is 0 Å². The fourth-order valence-corrected chi connectivity index (χ4v) is 4.54. The number of rotatable bonds is 12. The monoisotopic (exact) mass is 595 g/mol. The van der Waals surface area contributed by atoms with E-state index >= 15 is 0 Å². The number of phenols is 1. The first-order chi connectivity index (χ1) is 18.3. The number of aliphatic hydroxyl groups is 4. The minimum atomic E-state index is -5.04. The third kappa shape index (κ3) is 9.36. The van der Waals surface area contributed by atoms with Crippen LogP contribution in [-0.4, -0.2) is 106 Å². The summed E-state index contributed by atoms with van der Waals surface area (Å²) < 4.78 is 55.7. The Balaban J connectivity index is 2.18. The number of aromatic hydroxyl groups is 1.